The second-order valence-electron chi connectivity index (χ2n) is 5.66. The standard InChI is InChI=1S/C15H26N2O3S/c1-5-16(6-2)21(19,20)17(13-15(3,4)18)12-14-10-8-7-9-11-14/h7-11,18H,5-6,12-13H2,1-4H3. The first-order valence-electron chi connectivity index (χ1n) is 7.22. The predicted octanol–water partition coefficient (Wildman–Crippen LogP) is 1.85. The highest BCUT2D eigenvalue weighted by Crippen LogP contribution is 2.17. The smallest absolute Gasteiger partial charge is 0.282 e. The maximum atomic E-state index is 12.7. The number of rotatable bonds is 8. The van der Waals surface area contributed by atoms with Gasteiger partial charge in [0.25, 0.3) is 10.2 Å². The molecule has 1 rings (SSSR count). The summed E-state index contributed by atoms with van der Waals surface area (Å²) in [6, 6.07) is 9.41. The van der Waals surface area contributed by atoms with E-state index in [-0.39, 0.29) is 13.1 Å². The largest absolute Gasteiger partial charge is 0.389 e. The van der Waals surface area contributed by atoms with Crippen LogP contribution in [0.3, 0.4) is 0 Å². The first kappa shape index (κ1) is 18.1. The lowest BCUT2D eigenvalue weighted by Crippen LogP contribution is -2.48. The Hall–Kier alpha value is -0.950. The average molecular weight is 314 g/mol. The Balaban J connectivity index is 3.08. The van der Waals surface area contributed by atoms with Crippen molar-refractivity contribution in [2.24, 2.45) is 0 Å². The topological polar surface area (TPSA) is 60.9 Å². The molecule has 1 N–H and O–H groups in total. The molecule has 0 bridgehead atoms. The molecule has 1 aromatic rings. The number of hydrogen-bond donors (Lipinski definition) is 1. The Morgan fingerprint density at radius 3 is 2.00 bits per heavy atom. The number of nitrogens with zero attached hydrogens (tertiary/aromatic N) is 2. The molecule has 1 aromatic carbocycles. The third-order valence-electron chi connectivity index (χ3n) is 3.12. The molecule has 5 nitrogen and oxygen atoms in total. The van der Waals surface area contributed by atoms with E-state index in [0.717, 1.165) is 5.56 Å². The maximum absolute atomic E-state index is 12.7. The first-order chi connectivity index (χ1) is 9.70. The van der Waals surface area contributed by atoms with Gasteiger partial charge in [-0.1, -0.05) is 44.2 Å². The maximum Gasteiger partial charge on any atom is 0.282 e. The van der Waals surface area contributed by atoms with Crippen molar-refractivity contribution in [3.63, 3.8) is 0 Å². The van der Waals surface area contributed by atoms with Crippen LogP contribution in [-0.2, 0) is 16.8 Å². The van der Waals surface area contributed by atoms with Crippen molar-refractivity contribution in [2.75, 3.05) is 19.6 Å². The third-order valence-corrected chi connectivity index (χ3v) is 5.20. The van der Waals surface area contributed by atoms with Gasteiger partial charge in [0.15, 0.2) is 0 Å². The zero-order valence-electron chi connectivity index (χ0n) is 13.3. The van der Waals surface area contributed by atoms with Crippen LogP contribution in [0.25, 0.3) is 0 Å². The van der Waals surface area contributed by atoms with E-state index < -0.39 is 15.8 Å². The van der Waals surface area contributed by atoms with Gasteiger partial charge in [0, 0.05) is 26.2 Å². The van der Waals surface area contributed by atoms with E-state index in [1.165, 1.54) is 8.61 Å². The Bertz CT molecular complexity index is 520. The van der Waals surface area contributed by atoms with Gasteiger partial charge >= 0.3 is 0 Å². The molecule has 0 fully saturated rings. The summed E-state index contributed by atoms with van der Waals surface area (Å²) < 4.78 is 28.2. The summed E-state index contributed by atoms with van der Waals surface area (Å²) in [5.74, 6) is 0. The van der Waals surface area contributed by atoms with Crippen molar-refractivity contribution in [3.05, 3.63) is 35.9 Å². The molecule has 21 heavy (non-hydrogen) atoms. The lowest BCUT2D eigenvalue weighted by molar-refractivity contribution is 0.0560. The van der Waals surface area contributed by atoms with Crippen molar-refractivity contribution < 1.29 is 13.5 Å². The van der Waals surface area contributed by atoms with Crippen LogP contribution in [0.4, 0.5) is 0 Å². The van der Waals surface area contributed by atoms with Crippen LogP contribution in [0.15, 0.2) is 30.3 Å². The highest BCUT2D eigenvalue weighted by atomic mass is 32.2. The zero-order chi connectivity index (χ0) is 16.1. The molecule has 0 aliphatic carbocycles. The fourth-order valence-electron chi connectivity index (χ4n) is 2.15. The van der Waals surface area contributed by atoms with E-state index in [9.17, 15) is 13.5 Å². The SMILES string of the molecule is CCN(CC)S(=O)(=O)N(Cc1ccccc1)CC(C)(C)O. The van der Waals surface area contributed by atoms with E-state index in [4.69, 9.17) is 0 Å². The summed E-state index contributed by atoms with van der Waals surface area (Å²) in [5.41, 5.74) is -0.188. The van der Waals surface area contributed by atoms with Crippen LogP contribution < -0.4 is 0 Å². The van der Waals surface area contributed by atoms with Crippen LogP contribution in [0, 0.1) is 0 Å². The highest BCUT2D eigenvalue weighted by Gasteiger charge is 2.31. The molecule has 0 saturated carbocycles. The van der Waals surface area contributed by atoms with Gasteiger partial charge in [0.1, 0.15) is 0 Å². The van der Waals surface area contributed by atoms with Crippen LogP contribution in [0.5, 0.6) is 0 Å². The zero-order valence-corrected chi connectivity index (χ0v) is 14.1. The number of aliphatic hydroxyl groups is 1. The molecule has 0 spiro atoms. The normalized spacial score (nSPS) is 13.1. The molecular weight excluding hydrogens is 288 g/mol. The molecule has 0 aromatic heterocycles. The summed E-state index contributed by atoms with van der Waals surface area (Å²) in [6.07, 6.45) is 0. The van der Waals surface area contributed by atoms with Crippen molar-refractivity contribution in [1.82, 2.24) is 8.61 Å². The highest BCUT2D eigenvalue weighted by molar-refractivity contribution is 7.86. The van der Waals surface area contributed by atoms with Gasteiger partial charge in [-0.3, -0.25) is 0 Å². The Morgan fingerprint density at radius 2 is 1.57 bits per heavy atom. The molecule has 0 amide bonds. The lowest BCUT2D eigenvalue weighted by Gasteiger charge is -2.32. The molecule has 0 heterocycles. The number of benzene rings is 1. The van der Waals surface area contributed by atoms with Crippen molar-refractivity contribution in [1.29, 1.82) is 0 Å². The minimum atomic E-state index is -3.59. The minimum absolute atomic E-state index is 0.0563. The van der Waals surface area contributed by atoms with Gasteiger partial charge in [-0.2, -0.15) is 17.0 Å². The summed E-state index contributed by atoms with van der Waals surface area (Å²) in [5, 5.41) is 10.0. The van der Waals surface area contributed by atoms with Crippen molar-refractivity contribution in [3.8, 4) is 0 Å². The minimum Gasteiger partial charge on any atom is -0.389 e. The van der Waals surface area contributed by atoms with Crippen LogP contribution >= 0.6 is 0 Å². The molecule has 0 saturated heterocycles. The van der Waals surface area contributed by atoms with Gasteiger partial charge in [0.05, 0.1) is 5.60 Å². The fourth-order valence-corrected chi connectivity index (χ4v) is 3.92. The van der Waals surface area contributed by atoms with Gasteiger partial charge in [-0.25, -0.2) is 0 Å². The van der Waals surface area contributed by atoms with E-state index >= 15 is 0 Å². The van der Waals surface area contributed by atoms with Crippen molar-refractivity contribution >= 4 is 10.2 Å². The average Bonchev–Trinajstić information content (AvgIpc) is 2.38. The Labute approximate surface area is 128 Å². The van der Waals surface area contributed by atoms with Gasteiger partial charge < -0.3 is 5.11 Å². The van der Waals surface area contributed by atoms with E-state index in [0.29, 0.717) is 13.1 Å². The molecule has 6 heteroatoms. The van der Waals surface area contributed by atoms with E-state index in [2.05, 4.69) is 0 Å². The van der Waals surface area contributed by atoms with Crippen LogP contribution in [0.1, 0.15) is 33.3 Å². The van der Waals surface area contributed by atoms with E-state index in [1.807, 2.05) is 44.2 Å². The summed E-state index contributed by atoms with van der Waals surface area (Å²) in [4.78, 5) is 0. The number of hydrogen-bond acceptors (Lipinski definition) is 3. The molecule has 120 valence electrons. The molecule has 0 atom stereocenters. The fraction of sp³-hybridized carbons (Fsp3) is 0.600. The van der Waals surface area contributed by atoms with Gasteiger partial charge in [-0.05, 0) is 19.4 Å². The van der Waals surface area contributed by atoms with Crippen LogP contribution in [0.2, 0.25) is 0 Å². The van der Waals surface area contributed by atoms with Gasteiger partial charge in [-0.15, -0.1) is 0 Å². The molecular formula is C15H26N2O3S. The lowest BCUT2D eigenvalue weighted by atomic mass is 10.1. The third kappa shape index (κ3) is 5.39. The Morgan fingerprint density at radius 1 is 1.05 bits per heavy atom. The molecule has 0 aliphatic heterocycles. The van der Waals surface area contributed by atoms with E-state index in [1.54, 1.807) is 13.8 Å². The van der Waals surface area contributed by atoms with Crippen molar-refractivity contribution in [2.45, 2.75) is 39.8 Å². The second-order valence-corrected chi connectivity index (χ2v) is 7.59. The Kier molecular flexibility index (Phi) is 6.34. The molecule has 0 radical (unpaired) electrons. The second kappa shape index (κ2) is 7.35. The molecule has 0 unspecified atom stereocenters. The summed E-state index contributed by atoms with van der Waals surface area (Å²) in [7, 11) is -3.59. The van der Waals surface area contributed by atoms with Gasteiger partial charge in [0.2, 0.25) is 0 Å². The summed E-state index contributed by atoms with van der Waals surface area (Å²) in [6.45, 7) is 7.99. The molecule has 0 aliphatic rings. The quantitative estimate of drug-likeness (QED) is 0.796. The monoisotopic (exact) mass is 314 g/mol. The van der Waals surface area contributed by atoms with Crippen LogP contribution in [-0.4, -0.2) is 47.4 Å². The predicted molar refractivity (Wildman–Crippen MR) is 85.0 cm³/mol. The first-order valence-corrected chi connectivity index (χ1v) is 8.62. The summed E-state index contributed by atoms with van der Waals surface area (Å²) >= 11 is 0.